The Morgan fingerprint density at radius 3 is 2.50 bits per heavy atom. The topological polar surface area (TPSA) is 81.1 Å². The number of nitrogens with zero attached hydrogens (tertiary/aromatic N) is 3. The highest BCUT2D eigenvalue weighted by molar-refractivity contribution is 14.1. The number of anilines is 2. The number of para-hydroxylation sites is 3. The first-order valence-electron chi connectivity index (χ1n) is 10.7. The van der Waals surface area contributed by atoms with Crippen LogP contribution in [0.4, 0.5) is 11.4 Å². The second-order valence-electron chi connectivity index (χ2n) is 7.28. The zero-order valence-electron chi connectivity index (χ0n) is 18.6. The summed E-state index contributed by atoms with van der Waals surface area (Å²) in [5, 5.41) is 15.9. The van der Waals surface area contributed by atoms with E-state index in [1.54, 1.807) is 7.11 Å². The van der Waals surface area contributed by atoms with Crippen LogP contribution in [-0.2, 0) is 11.3 Å². The first-order chi connectivity index (χ1) is 16.6. The Balaban J connectivity index is 1.42. The summed E-state index contributed by atoms with van der Waals surface area (Å²) in [7, 11) is 1.59. The van der Waals surface area contributed by atoms with Gasteiger partial charge < -0.3 is 15.4 Å². The first-order valence-corrected chi connectivity index (χ1v) is 12.8. The maximum absolute atomic E-state index is 12.5. The van der Waals surface area contributed by atoms with E-state index in [0.717, 1.165) is 22.4 Å². The lowest BCUT2D eigenvalue weighted by atomic mass is 10.3. The molecule has 7 nitrogen and oxygen atoms in total. The molecule has 9 heteroatoms. The van der Waals surface area contributed by atoms with Gasteiger partial charge >= 0.3 is 0 Å². The Morgan fingerprint density at radius 1 is 1.00 bits per heavy atom. The number of rotatable bonds is 10. The van der Waals surface area contributed by atoms with Gasteiger partial charge in [-0.3, -0.25) is 9.36 Å². The minimum absolute atomic E-state index is 0.0802. The van der Waals surface area contributed by atoms with E-state index in [0.29, 0.717) is 30.2 Å². The van der Waals surface area contributed by atoms with E-state index >= 15 is 0 Å². The summed E-state index contributed by atoms with van der Waals surface area (Å²) in [6, 6.07) is 25.6. The molecule has 1 aromatic heterocycles. The summed E-state index contributed by atoms with van der Waals surface area (Å²) in [6.07, 6.45) is 0.334. The third kappa shape index (κ3) is 6.29. The molecule has 0 atom stereocenters. The molecule has 174 valence electrons. The number of carbonyl (C=O) groups is 1. The third-order valence-corrected chi connectivity index (χ3v) is 6.60. The predicted octanol–water partition coefficient (Wildman–Crippen LogP) is 5.61. The van der Waals surface area contributed by atoms with Gasteiger partial charge in [-0.05, 0) is 71.1 Å². The summed E-state index contributed by atoms with van der Waals surface area (Å²) in [6.45, 7) is 0.525. The molecule has 1 amide bonds. The van der Waals surface area contributed by atoms with Crippen LogP contribution in [0.2, 0.25) is 0 Å². The number of carbonyl (C=O) groups excluding carboxylic acids is 1. The number of thioether (sulfide) groups is 1. The van der Waals surface area contributed by atoms with E-state index in [1.807, 2.05) is 71.3 Å². The minimum atomic E-state index is -0.0802. The molecule has 4 rings (SSSR count). The number of methoxy groups -OCH3 is 1. The molecule has 0 fully saturated rings. The van der Waals surface area contributed by atoms with Crippen LogP contribution in [0.15, 0.2) is 84.0 Å². The molecule has 0 saturated heterocycles. The number of nitrogens with one attached hydrogen (secondary N) is 2. The van der Waals surface area contributed by atoms with Gasteiger partial charge in [-0.25, -0.2) is 0 Å². The van der Waals surface area contributed by atoms with Crippen molar-refractivity contribution in [1.82, 2.24) is 14.8 Å². The lowest BCUT2D eigenvalue weighted by Crippen LogP contribution is -2.13. The molecule has 0 radical (unpaired) electrons. The molecular weight excluding hydrogens is 561 g/mol. The Hall–Kier alpha value is -3.05. The van der Waals surface area contributed by atoms with Crippen LogP contribution in [-0.4, -0.2) is 33.5 Å². The fraction of sp³-hybridized carbons (Fsp3) is 0.160. The molecule has 0 aliphatic heterocycles. The Kier molecular flexibility index (Phi) is 8.42. The van der Waals surface area contributed by atoms with Gasteiger partial charge in [-0.2, -0.15) is 0 Å². The molecule has 0 bridgehead atoms. The largest absolute Gasteiger partial charge is 0.495 e. The van der Waals surface area contributed by atoms with Gasteiger partial charge in [-0.1, -0.05) is 42.1 Å². The maximum atomic E-state index is 12.5. The van der Waals surface area contributed by atoms with E-state index in [2.05, 4.69) is 55.6 Å². The summed E-state index contributed by atoms with van der Waals surface area (Å²) in [5.41, 5.74) is 2.66. The summed E-state index contributed by atoms with van der Waals surface area (Å²) >= 11 is 3.79. The highest BCUT2D eigenvalue weighted by Crippen LogP contribution is 2.25. The standard InChI is InChI=1S/C25H24IN5O2S/c1-33-22-10-6-5-9-21(22)28-24(32)15-16-34-25-30-29-23(31(25)20-7-3-2-4-8-20)17-27-19-13-11-18(26)12-14-19/h2-14,27H,15-17H2,1H3,(H,28,32). The molecule has 0 aliphatic carbocycles. The van der Waals surface area contributed by atoms with Crippen molar-refractivity contribution in [2.75, 3.05) is 23.5 Å². The SMILES string of the molecule is COc1ccccc1NC(=O)CCSc1nnc(CNc2ccc(I)cc2)n1-c1ccccc1. The lowest BCUT2D eigenvalue weighted by Gasteiger charge is -2.12. The van der Waals surface area contributed by atoms with Crippen molar-refractivity contribution in [3.05, 3.63) is 88.3 Å². The van der Waals surface area contributed by atoms with Crippen LogP contribution in [0, 0.1) is 3.57 Å². The van der Waals surface area contributed by atoms with E-state index in [4.69, 9.17) is 4.74 Å². The third-order valence-electron chi connectivity index (χ3n) is 4.95. The molecule has 4 aromatic rings. The van der Waals surface area contributed by atoms with Crippen molar-refractivity contribution < 1.29 is 9.53 Å². The quantitative estimate of drug-likeness (QED) is 0.186. The van der Waals surface area contributed by atoms with Gasteiger partial charge in [0.05, 0.1) is 19.3 Å². The molecule has 0 spiro atoms. The molecule has 0 saturated carbocycles. The summed E-state index contributed by atoms with van der Waals surface area (Å²) in [5.74, 6) is 1.92. The number of amides is 1. The fourth-order valence-corrected chi connectivity index (χ4v) is 4.56. The summed E-state index contributed by atoms with van der Waals surface area (Å²) in [4.78, 5) is 12.5. The predicted molar refractivity (Wildman–Crippen MR) is 145 cm³/mol. The van der Waals surface area contributed by atoms with Gasteiger partial charge in [0.1, 0.15) is 5.75 Å². The molecule has 3 aromatic carbocycles. The molecule has 34 heavy (non-hydrogen) atoms. The smallest absolute Gasteiger partial charge is 0.225 e. The number of hydrogen-bond donors (Lipinski definition) is 2. The number of ether oxygens (including phenoxy) is 1. The zero-order valence-corrected chi connectivity index (χ0v) is 21.5. The maximum Gasteiger partial charge on any atom is 0.225 e. The van der Waals surface area contributed by atoms with E-state index < -0.39 is 0 Å². The van der Waals surface area contributed by atoms with Crippen molar-refractivity contribution >= 4 is 51.6 Å². The van der Waals surface area contributed by atoms with Crippen LogP contribution in [0.1, 0.15) is 12.2 Å². The highest BCUT2D eigenvalue weighted by Gasteiger charge is 2.15. The van der Waals surface area contributed by atoms with Crippen molar-refractivity contribution in [1.29, 1.82) is 0 Å². The first kappa shape index (κ1) is 24.1. The fourth-order valence-electron chi connectivity index (χ4n) is 3.29. The van der Waals surface area contributed by atoms with Gasteiger partial charge in [0.15, 0.2) is 11.0 Å². The summed E-state index contributed by atoms with van der Waals surface area (Å²) < 4.78 is 8.51. The molecule has 0 aliphatic rings. The van der Waals surface area contributed by atoms with E-state index in [1.165, 1.54) is 15.3 Å². The Bertz CT molecular complexity index is 1230. The highest BCUT2D eigenvalue weighted by atomic mass is 127. The van der Waals surface area contributed by atoms with Crippen LogP contribution < -0.4 is 15.4 Å². The van der Waals surface area contributed by atoms with Crippen molar-refractivity contribution in [2.45, 2.75) is 18.1 Å². The van der Waals surface area contributed by atoms with Crippen molar-refractivity contribution in [3.8, 4) is 11.4 Å². The number of benzene rings is 3. The van der Waals surface area contributed by atoms with Crippen molar-refractivity contribution in [2.24, 2.45) is 0 Å². The Morgan fingerprint density at radius 2 is 1.74 bits per heavy atom. The number of hydrogen-bond acceptors (Lipinski definition) is 6. The Labute approximate surface area is 216 Å². The van der Waals surface area contributed by atoms with E-state index in [9.17, 15) is 4.79 Å². The van der Waals surface area contributed by atoms with Crippen LogP contribution >= 0.6 is 34.4 Å². The lowest BCUT2D eigenvalue weighted by molar-refractivity contribution is -0.115. The number of halogens is 1. The molecule has 1 heterocycles. The van der Waals surface area contributed by atoms with Gasteiger partial charge in [-0.15, -0.1) is 10.2 Å². The average molecular weight is 585 g/mol. The average Bonchev–Trinajstić information content (AvgIpc) is 3.27. The molecule has 2 N–H and O–H groups in total. The van der Waals surface area contributed by atoms with E-state index in [-0.39, 0.29) is 5.91 Å². The van der Waals surface area contributed by atoms with Crippen LogP contribution in [0.5, 0.6) is 5.75 Å². The van der Waals surface area contributed by atoms with Gasteiger partial charge in [0, 0.05) is 27.1 Å². The van der Waals surface area contributed by atoms with Crippen LogP contribution in [0.25, 0.3) is 5.69 Å². The van der Waals surface area contributed by atoms with Gasteiger partial charge in [0.25, 0.3) is 0 Å². The zero-order chi connectivity index (χ0) is 23.8. The second-order valence-corrected chi connectivity index (χ2v) is 9.58. The van der Waals surface area contributed by atoms with Gasteiger partial charge in [0.2, 0.25) is 5.91 Å². The molecule has 0 unspecified atom stereocenters. The van der Waals surface area contributed by atoms with Crippen molar-refractivity contribution in [3.63, 3.8) is 0 Å². The van der Waals surface area contributed by atoms with Crippen LogP contribution in [0.3, 0.4) is 0 Å². The molecular formula is C25H24IN5O2S. The minimum Gasteiger partial charge on any atom is -0.495 e. The second kappa shape index (κ2) is 11.9. The normalized spacial score (nSPS) is 10.6. The number of aromatic nitrogens is 3. The monoisotopic (exact) mass is 585 g/mol.